The van der Waals surface area contributed by atoms with Crippen molar-refractivity contribution in [2.75, 3.05) is 10.6 Å². The molecule has 0 saturated carbocycles. The van der Waals surface area contributed by atoms with Gasteiger partial charge in [0.2, 0.25) is 0 Å². The van der Waals surface area contributed by atoms with E-state index in [4.69, 9.17) is 23.2 Å². The molecule has 2 amide bonds. The predicted octanol–water partition coefficient (Wildman–Crippen LogP) is 4.96. The Morgan fingerprint density at radius 3 is 2.38 bits per heavy atom. The fraction of sp³-hybridized carbons (Fsp3) is 0.133. The van der Waals surface area contributed by atoms with E-state index < -0.39 is 6.03 Å². The van der Waals surface area contributed by atoms with Crippen LogP contribution in [0.2, 0.25) is 10.0 Å². The van der Waals surface area contributed by atoms with Crippen molar-refractivity contribution in [3.8, 4) is 5.75 Å². The summed E-state index contributed by atoms with van der Waals surface area (Å²) in [4.78, 5) is 12.0. The predicted molar refractivity (Wildman–Crippen MR) is 86.7 cm³/mol. The van der Waals surface area contributed by atoms with E-state index >= 15 is 0 Å². The van der Waals surface area contributed by atoms with Crippen LogP contribution in [0, 0.1) is 13.8 Å². The van der Waals surface area contributed by atoms with E-state index in [2.05, 4.69) is 10.6 Å². The molecule has 0 radical (unpaired) electrons. The minimum absolute atomic E-state index is 0.191. The normalized spacial score (nSPS) is 10.3. The van der Waals surface area contributed by atoms with Crippen molar-refractivity contribution in [2.24, 2.45) is 0 Å². The lowest BCUT2D eigenvalue weighted by Crippen LogP contribution is -2.20. The lowest BCUT2D eigenvalue weighted by atomic mass is 10.1. The van der Waals surface area contributed by atoms with Gasteiger partial charge in [-0.05, 0) is 55.3 Å². The summed E-state index contributed by atoms with van der Waals surface area (Å²) in [6.45, 7) is 3.55. The first-order chi connectivity index (χ1) is 9.86. The number of nitrogens with one attached hydrogen (secondary N) is 2. The smallest absolute Gasteiger partial charge is 0.323 e. The van der Waals surface area contributed by atoms with Crippen LogP contribution >= 0.6 is 23.2 Å². The molecular formula is C15H14Cl2N2O2. The number of phenols is 1. The third-order valence-corrected chi connectivity index (χ3v) is 3.53. The Morgan fingerprint density at radius 2 is 1.67 bits per heavy atom. The number of carbonyl (C=O) groups excluding carboxylic acids is 1. The number of carbonyl (C=O) groups is 1. The second-order valence-electron chi connectivity index (χ2n) is 4.66. The lowest BCUT2D eigenvalue weighted by Gasteiger charge is -2.12. The summed E-state index contributed by atoms with van der Waals surface area (Å²) in [6.07, 6.45) is 0. The van der Waals surface area contributed by atoms with Crippen LogP contribution in [0.4, 0.5) is 16.2 Å². The van der Waals surface area contributed by atoms with E-state index in [1.165, 1.54) is 0 Å². The Balaban J connectivity index is 2.15. The summed E-state index contributed by atoms with van der Waals surface area (Å²) in [5.74, 6) is 0.191. The molecule has 2 aromatic carbocycles. The van der Waals surface area contributed by atoms with Gasteiger partial charge in [-0.25, -0.2) is 4.79 Å². The van der Waals surface area contributed by atoms with E-state index in [1.54, 1.807) is 44.2 Å². The molecule has 21 heavy (non-hydrogen) atoms. The summed E-state index contributed by atoms with van der Waals surface area (Å²) < 4.78 is 0. The number of phenolic OH excluding ortho intramolecular Hbond substituents is 1. The monoisotopic (exact) mass is 324 g/mol. The van der Waals surface area contributed by atoms with Gasteiger partial charge >= 0.3 is 6.03 Å². The van der Waals surface area contributed by atoms with Crippen molar-refractivity contribution in [2.45, 2.75) is 13.8 Å². The van der Waals surface area contributed by atoms with Gasteiger partial charge in [0.05, 0.1) is 10.7 Å². The standard InChI is InChI=1S/C15H14Cl2N2O2/c1-8-6-14(20)9(2)5-12(8)18-15(21)19-13-7-10(16)3-4-11(13)17/h3-7,20H,1-2H3,(H2,18,19,21). The highest BCUT2D eigenvalue weighted by Gasteiger charge is 2.09. The summed E-state index contributed by atoms with van der Waals surface area (Å²) in [5.41, 5.74) is 2.47. The first-order valence-corrected chi connectivity index (χ1v) is 6.95. The van der Waals surface area contributed by atoms with Crippen molar-refractivity contribution >= 4 is 40.6 Å². The molecule has 0 aromatic heterocycles. The number of anilines is 2. The van der Waals surface area contributed by atoms with E-state index in [9.17, 15) is 9.90 Å². The molecule has 3 N–H and O–H groups in total. The highest BCUT2D eigenvalue weighted by atomic mass is 35.5. The van der Waals surface area contributed by atoms with E-state index in [-0.39, 0.29) is 5.75 Å². The van der Waals surface area contributed by atoms with Crippen molar-refractivity contribution < 1.29 is 9.90 Å². The maximum atomic E-state index is 12.0. The molecule has 2 aromatic rings. The van der Waals surface area contributed by atoms with Gasteiger partial charge in [-0.15, -0.1) is 0 Å². The molecule has 4 nitrogen and oxygen atoms in total. The van der Waals surface area contributed by atoms with Gasteiger partial charge in [-0.1, -0.05) is 23.2 Å². The second kappa shape index (κ2) is 6.24. The third kappa shape index (κ3) is 3.80. The van der Waals surface area contributed by atoms with Crippen LogP contribution in [0.1, 0.15) is 11.1 Å². The van der Waals surface area contributed by atoms with Gasteiger partial charge in [-0.2, -0.15) is 0 Å². The molecule has 2 rings (SSSR count). The van der Waals surface area contributed by atoms with E-state index in [0.29, 0.717) is 27.0 Å². The van der Waals surface area contributed by atoms with Crippen molar-refractivity contribution in [3.05, 3.63) is 51.5 Å². The van der Waals surface area contributed by atoms with Gasteiger partial charge in [0.15, 0.2) is 0 Å². The maximum Gasteiger partial charge on any atom is 0.323 e. The van der Waals surface area contributed by atoms with Gasteiger partial charge in [0.25, 0.3) is 0 Å². The number of rotatable bonds is 2. The highest BCUT2D eigenvalue weighted by Crippen LogP contribution is 2.27. The Hall–Kier alpha value is -1.91. The quantitative estimate of drug-likeness (QED) is 0.683. The largest absolute Gasteiger partial charge is 0.508 e. The molecule has 0 aliphatic carbocycles. The molecule has 110 valence electrons. The van der Waals surface area contributed by atoms with Crippen LogP contribution < -0.4 is 10.6 Å². The van der Waals surface area contributed by atoms with Gasteiger partial charge in [-0.3, -0.25) is 0 Å². The molecule has 6 heteroatoms. The molecule has 0 aliphatic heterocycles. The van der Waals surface area contributed by atoms with Gasteiger partial charge in [0, 0.05) is 10.7 Å². The molecule has 0 spiro atoms. The molecule has 0 saturated heterocycles. The number of hydrogen-bond acceptors (Lipinski definition) is 2. The number of amides is 2. The van der Waals surface area contributed by atoms with Crippen molar-refractivity contribution in [1.82, 2.24) is 0 Å². The third-order valence-electron chi connectivity index (χ3n) is 2.97. The molecule has 0 aliphatic rings. The molecule has 0 fully saturated rings. The van der Waals surface area contributed by atoms with Crippen LogP contribution in [0.15, 0.2) is 30.3 Å². The summed E-state index contributed by atoms with van der Waals surface area (Å²) in [6, 6.07) is 7.67. The zero-order valence-corrected chi connectivity index (χ0v) is 13.0. The molecule has 0 bridgehead atoms. The Bertz CT molecular complexity index is 702. The number of aromatic hydroxyl groups is 1. The van der Waals surface area contributed by atoms with Crippen LogP contribution in [0.25, 0.3) is 0 Å². The first kappa shape index (κ1) is 15.5. The molecule has 0 unspecified atom stereocenters. The molecule has 0 atom stereocenters. The average Bonchev–Trinajstić information content (AvgIpc) is 2.40. The number of urea groups is 1. The first-order valence-electron chi connectivity index (χ1n) is 6.20. The Morgan fingerprint density at radius 1 is 1.00 bits per heavy atom. The zero-order chi connectivity index (χ0) is 15.6. The summed E-state index contributed by atoms with van der Waals surface area (Å²) >= 11 is 11.9. The number of hydrogen-bond donors (Lipinski definition) is 3. The Kier molecular flexibility index (Phi) is 4.60. The fourth-order valence-electron chi connectivity index (χ4n) is 1.80. The Labute approximate surface area is 132 Å². The van der Waals surface area contributed by atoms with Crippen LogP contribution in [-0.4, -0.2) is 11.1 Å². The summed E-state index contributed by atoms with van der Waals surface area (Å²) in [5, 5.41) is 15.8. The van der Waals surface area contributed by atoms with E-state index in [0.717, 1.165) is 5.56 Å². The molecular weight excluding hydrogens is 311 g/mol. The van der Waals surface area contributed by atoms with Crippen LogP contribution in [0.3, 0.4) is 0 Å². The minimum Gasteiger partial charge on any atom is -0.508 e. The van der Waals surface area contributed by atoms with Crippen LogP contribution in [-0.2, 0) is 0 Å². The summed E-state index contributed by atoms with van der Waals surface area (Å²) in [7, 11) is 0. The van der Waals surface area contributed by atoms with Crippen molar-refractivity contribution in [3.63, 3.8) is 0 Å². The molecule has 0 heterocycles. The number of aryl methyl sites for hydroxylation is 2. The second-order valence-corrected chi connectivity index (χ2v) is 5.50. The maximum absolute atomic E-state index is 12.0. The zero-order valence-electron chi connectivity index (χ0n) is 11.5. The minimum atomic E-state index is -0.438. The topological polar surface area (TPSA) is 61.4 Å². The van der Waals surface area contributed by atoms with Crippen LogP contribution in [0.5, 0.6) is 5.75 Å². The van der Waals surface area contributed by atoms with Crippen molar-refractivity contribution in [1.29, 1.82) is 0 Å². The highest BCUT2D eigenvalue weighted by molar-refractivity contribution is 6.35. The average molecular weight is 325 g/mol. The lowest BCUT2D eigenvalue weighted by molar-refractivity contribution is 0.262. The van der Waals surface area contributed by atoms with E-state index in [1.807, 2.05) is 0 Å². The fourth-order valence-corrected chi connectivity index (χ4v) is 2.14. The SMILES string of the molecule is Cc1cc(NC(=O)Nc2cc(Cl)ccc2Cl)c(C)cc1O. The van der Waals surface area contributed by atoms with Gasteiger partial charge in [0.1, 0.15) is 5.75 Å². The van der Waals surface area contributed by atoms with Gasteiger partial charge < -0.3 is 15.7 Å². The number of halogens is 2. The number of benzene rings is 2.